The minimum atomic E-state index is -0.717. The predicted octanol–water partition coefficient (Wildman–Crippen LogP) is 18.3. The fourth-order valence-electron chi connectivity index (χ4n) is 26.1. The van der Waals surface area contributed by atoms with Crippen molar-refractivity contribution in [2.24, 2.45) is 0 Å². The fourth-order valence-corrected chi connectivity index (χ4v) is 26.1. The highest BCUT2D eigenvalue weighted by atomic mass is 16.5. The molecular weight excluding hydrogens is 885 g/mol. The van der Waals surface area contributed by atoms with Crippen LogP contribution in [0.15, 0.2) is 36.9 Å². The smallest absolute Gasteiger partial charge is 0.330 e. The topological polar surface area (TPSA) is 26.3 Å². The second kappa shape index (κ2) is 6.28. The first-order valence-electron chi connectivity index (χ1n) is 27.0. The lowest BCUT2D eigenvalue weighted by molar-refractivity contribution is -0.148. The summed E-state index contributed by atoms with van der Waals surface area (Å²) < 4.78 is 7.52. The Labute approximate surface area is 397 Å². The minimum Gasteiger partial charge on any atom is -0.453 e. The lowest BCUT2D eigenvalue weighted by Gasteiger charge is -2.59. The minimum absolute atomic E-state index is 0.311. The number of carbonyl (C=O) groups excluding carboxylic acids is 1. The van der Waals surface area contributed by atoms with Gasteiger partial charge in [-0.25, -0.2) is 4.79 Å². The highest BCUT2D eigenvalue weighted by Crippen LogP contribution is 2.86. The maximum absolute atomic E-state index is 14.8. The van der Waals surface area contributed by atoms with E-state index in [9.17, 15) is 4.79 Å². The van der Waals surface area contributed by atoms with Crippen molar-refractivity contribution in [2.45, 2.75) is 23.4 Å². The lowest BCUT2D eigenvalue weighted by Crippen LogP contribution is -2.59. The molecule has 0 saturated carbocycles. The van der Waals surface area contributed by atoms with Gasteiger partial charge in [-0.05, 0) is 331 Å². The average molecular weight is 895 g/mol. The zero-order valence-electron chi connectivity index (χ0n) is 37.2. The van der Waals surface area contributed by atoms with Crippen molar-refractivity contribution in [1.29, 1.82) is 0 Å². The molecule has 29 aromatic carbocycles. The van der Waals surface area contributed by atoms with Crippen LogP contribution in [0.5, 0.6) is 0 Å². The van der Waals surface area contributed by atoms with Crippen LogP contribution in [-0.4, -0.2) is 5.97 Å². The molecule has 34 rings (SSSR count). The van der Waals surface area contributed by atoms with Gasteiger partial charge in [0.1, 0.15) is 6.10 Å². The van der Waals surface area contributed by atoms with Crippen LogP contribution < -0.4 is 0 Å². The third-order valence-electron chi connectivity index (χ3n) is 26.2. The van der Waals surface area contributed by atoms with Crippen LogP contribution in [0.25, 0.3) is 291 Å². The molecule has 5 aliphatic rings. The summed E-state index contributed by atoms with van der Waals surface area (Å²) in [5, 5.41) is 85.7. The summed E-state index contributed by atoms with van der Waals surface area (Å²) in [5.41, 5.74) is 7.56. The van der Waals surface area contributed by atoms with Gasteiger partial charge in [0.05, 0.1) is 5.41 Å². The highest BCUT2D eigenvalue weighted by Gasteiger charge is 2.74. The van der Waals surface area contributed by atoms with E-state index in [1.807, 2.05) is 0 Å². The van der Waals surface area contributed by atoms with Crippen molar-refractivity contribution in [1.82, 2.24) is 0 Å². The summed E-state index contributed by atoms with van der Waals surface area (Å²) in [6.07, 6.45) is 1.80. The van der Waals surface area contributed by atoms with E-state index in [1.54, 1.807) is 280 Å². The van der Waals surface area contributed by atoms with Gasteiger partial charge in [0.15, 0.2) is 0 Å². The van der Waals surface area contributed by atoms with E-state index in [4.69, 9.17) is 4.74 Å². The molecule has 0 aliphatic heterocycles. The number of carbonyl (C=O) groups is 1. The van der Waals surface area contributed by atoms with E-state index >= 15 is 0 Å². The Morgan fingerprint density at radius 2 is 0.562 bits per heavy atom. The Hall–Kier alpha value is -9.11. The van der Waals surface area contributed by atoms with Gasteiger partial charge in [-0.1, -0.05) is 30.8 Å². The van der Waals surface area contributed by atoms with Crippen molar-refractivity contribution in [3.05, 3.63) is 70.3 Å². The first-order chi connectivity index (χ1) is 36.3. The number of fused-ring (bicyclic) bond motifs is 1. The molecule has 73 heavy (non-hydrogen) atoms. The van der Waals surface area contributed by atoms with Crippen LogP contribution in [0.1, 0.15) is 39.5 Å². The van der Waals surface area contributed by atoms with Gasteiger partial charge < -0.3 is 4.74 Å². The molecule has 0 bridgehead atoms. The third-order valence-corrected chi connectivity index (χ3v) is 26.2. The number of rotatable bonds is 2. The Morgan fingerprint density at radius 1 is 0.342 bits per heavy atom. The van der Waals surface area contributed by atoms with Crippen LogP contribution in [0, 0.1) is 0 Å². The number of benzene rings is 19. The molecule has 2 spiro atoms. The molecule has 29 aromatic rings. The molecule has 1 atom stereocenters. The maximum Gasteiger partial charge on any atom is 0.330 e. The van der Waals surface area contributed by atoms with Crippen molar-refractivity contribution in [3.63, 3.8) is 0 Å². The number of esters is 1. The van der Waals surface area contributed by atoms with Crippen LogP contribution in [0.3, 0.4) is 0 Å². The molecule has 0 saturated heterocycles. The Morgan fingerprint density at radius 3 is 0.808 bits per heavy atom. The fraction of sp³-hybridized carbons (Fsp3) is 0.0563. The third kappa shape index (κ3) is 1.49. The van der Waals surface area contributed by atoms with Crippen LogP contribution in [-0.2, 0) is 26.8 Å². The van der Waals surface area contributed by atoms with Gasteiger partial charge in [0.2, 0.25) is 0 Å². The molecule has 0 fully saturated rings. The molecule has 0 N–H and O–H groups in total. The first kappa shape index (κ1) is 27.5. The summed E-state index contributed by atoms with van der Waals surface area (Å²) in [5.74, 6) is -0.311. The summed E-state index contributed by atoms with van der Waals surface area (Å²) in [6, 6.07) is 9.28. The van der Waals surface area contributed by atoms with Gasteiger partial charge in [-0.2, -0.15) is 0 Å². The van der Waals surface area contributed by atoms with E-state index in [-0.39, 0.29) is 5.97 Å². The van der Waals surface area contributed by atoms with Crippen LogP contribution in [0.2, 0.25) is 0 Å². The summed E-state index contributed by atoms with van der Waals surface area (Å²) in [4.78, 5) is 14.8. The molecule has 2 nitrogen and oxygen atoms in total. The standard InChI is InChI=1S/C71H10O2/c1-2-10(72)73-69-9-6-4-3-5-8(9)7-70-65-57-49-39-29-21-13-11-12-15-19-17(13)25-33-27(19)37-31-23(15)24-16(12)20-18-14(11)22(21)30-36-26(18)34-28(20)38-32(24)42-41(31)53-47(37)55-45(33)51(43(49)35(25)29)59(65)61(55)67-63(53)64-54(42)48(38)56-46(34)52-44(36)50(40(30)39)58(57)66(70)60(52)62(56)68(64)71(67,69)70/h2-6,69H,1,7H2. The van der Waals surface area contributed by atoms with E-state index < -0.39 is 16.9 Å². The van der Waals surface area contributed by atoms with Gasteiger partial charge >= 0.3 is 5.97 Å². The Kier molecular flexibility index (Phi) is 2.36. The molecule has 5 aliphatic carbocycles. The van der Waals surface area contributed by atoms with Crippen LogP contribution >= 0.6 is 0 Å². The molecule has 2 heteroatoms. The monoisotopic (exact) mass is 894 g/mol. The molecule has 0 amide bonds. The maximum atomic E-state index is 14.8. The van der Waals surface area contributed by atoms with E-state index in [1.165, 1.54) is 49.9 Å². The number of ether oxygens (including phenoxy) is 1. The van der Waals surface area contributed by atoms with Gasteiger partial charge in [0, 0.05) is 11.5 Å². The molecular formula is C71H10O2. The van der Waals surface area contributed by atoms with E-state index in [0.29, 0.717) is 0 Å². The molecule has 0 heterocycles. The predicted molar refractivity (Wildman–Crippen MR) is 303 cm³/mol. The zero-order chi connectivity index (χ0) is 43.7. The second-order valence-corrected chi connectivity index (χ2v) is 26.4. The Bertz CT molecular complexity index is 7390. The molecule has 0 radical (unpaired) electrons. The highest BCUT2D eigenvalue weighted by molar-refractivity contribution is 6.82. The second-order valence-electron chi connectivity index (χ2n) is 26.4. The number of hydrogen-bond donors (Lipinski definition) is 0. The van der Waals surface area contributed by atoms with Crippen molar-refractivity contribution in [3.8, 4) is 0 Å². The zero-order valence-corrected chi connectivity index (χ0v) is 37.2. The largest absolute Gasteiger partial charge is 0.453 e. The summed E-state index contributed by atoms with van der Waals surface area (Å²) in [6.45, 7) is 4.16. The first-order valence-corrected chi connectivity index (χ1v) is 27.0. The van der Waals surface area contributed by atoms with Crippen LogP contribution in [0.4, 0.5) is 0 Å². The normalized spacial score (nSPS) is 22.8. The quantitative estimate of drug-likeness (QED) is 0.0982. The van der Waals surface area contributed by atoms with Crippen molar-refractivity contribution >= 4 is 297 Å². The molecule has 0 aromatic heterocycles. The van der Waals surface area contributed by atoms with Crippen molar-refractivity contribution < 1.29 is 9.53 Å². The average Bonchev–Trinajstić information content (AvgIpc) is 3.22. The lowest BCUT2D eigenvalue weighted by atomic mass is 9.42. The SMILES string of the molecule is C=CC(=O)OC1c2ccccc2CC23c4c5c6c7c8c9c(c%10c%11c2c2c4c4c%12c5c5c6c6c8c8c%13c9c9c%10c%10c%11c%11c2c2c4c4c%12c%12c5c5c6c8c6c8c%13c9c9c%10c%10c%11c2c2c4c4c%12c5c6c5c8c9c%10c2c45)C713. The van der Waals surface area contributed by atoms with Crippen molar-refractivity contribution in [2.75, 3.05) is 0 Å². The Balaban J connectivity index is 1.16. The van der Waals surface area contributed by atoms with Gasteiger partial charge in [0.25, 0.3) is 0 Å². The molecule has 1 unspecified atom stereocenters. The number of hydrogen-bond acceptors (Lipinski definition) is 2. The van der Waals surface area contributed by atoms with E-state index in [0.717, 1.165) is 6.42 Å². The van der Waals surface area contributed by atoms with E-state index in [2.05, 4.69) is 30.8 Å². The van der Waals surface area contributed by atoms with Gasteiger partial charge in [-0.3, -0.25) is 0 Å². The van der Waals surface area contributed by atoms with Gasteiger partial charge in [-0.15, -0.1) is 0 Å². The summed E-state index contributed by atoms with van der Waals surface area (Å²) in [7, 11) is 0. The summed E-state index contributed by atoms with van der Waals surface area (Å²) >= 11 is 0. The molecule has 306 valence electrons.